The van der Waals surface area contributed by atoms with Crippen LogP contribution in [0.15, 0.2) is 51.9 Å². The molecule has 96 valence electrons. The first-order valence-corrected chi connectivity index (χ1v) is 6.82. The number of anilines is 1. The maximum atomic E-state index is 13.3. The van der Waals surface area contributed by atoms with Crippen molar-refractivity contribution in [3.8, 4) is 0 Å². The van der Waals surface area contributed by atoms with Crippen molar-refractivity contribution in [2.45, 2.75) is 13.1 Å². The summed E-state index contributed by atoms with van der Waals surface area (Å²) in [6.45, 7) is 2.02. The Labute approximate surface area is 119 Å². The van der Waals surface area contributed by atoms with Crippen LogP contribution < -0.4 is 15.5 Å². The number of rotatable bonds is 1. The molecule has 1 unspecified atom stereocenters. The zero-order valence-electron chi connectivity index (χ0n) is 10.3. The molecule has 3 rings (SSSR count). The number of benzene rings is 2. The highest BCUT2D eigenvalue weighted by atomic mass is 79.9. The maximum absolute atomic E-state index is 13.3. The van der Waals surface area contributed by atoms with E-state index in [2.05, 4.69) is 20.9 Å². The minimum absolute atomic E-state index is 0.0170. The lowest BCUT2D eigenvalue weighted by molar-refractivity contribution is 0.623. The number of fused-ring (bicyclic) bond motifs is 1. The molecule has 1 aliphatic rings. The molecule has 4 heteroatoms. The minimum atomic E-state index is -0.244. The first-order valence-electron chi connectivity index (χ1n) is 6.03. The van der Waals surface area contributed by atoms with Crippen LogP contribution in [0, 0.1) is 5.82 Å². The average Bonchev–Trinajstić information content (AvgIpc) is 2.39. The van der Waals surface area contributed by atoms with E-state index in [1.54, 1.807) is 6.07 Å². The average molecular weight is 319 g/mol. The molecule has 1 heterocycles. The van der Waals surface area contributed by atoms with Gasteiger partial charge in [0.1, 0.15) is 12.0 Å². The van der Waals surface area contributed by atoms with Crippen molar-refractivity contribution in [2.75, 3.05) is 4.90 Å². The van der Waals surface area contributed by atoms with Crippen molar-refractivity contribution in [3.63, 3.8) is 0 Å². The molecule has 0 aliphatic carbocycles. The van der Waals surface area contributed by atoms with Crippen LogP contribution in [0.1, 0.15) is 6.92 Å². The molecule has 0 saturated heterocycles. The lowest BCUT2D eigenvalue weighted by Gasteiger charge is -2.28. The summed E-state index contributed by atoms with van der Waals surface area (Å²) in [4.78, 5) is 6.63. The van der Waals surface area contributed by atoms with E-state index >= 15 is 0 Å². The molecule has 0 N–H and O–H groups in total. The standard InChI is InChI=1S/C15H12BrFN2/c1-10-18-14-7-6-12(17)8-11(14)9-19(10)15-5-3-2-4-13(15)16/h2-10H,1H3. The van der Waals surface area contributed by atoms with Gasteiger partial charge in [0.15, 0.2) is 0 Å². The Morgan fingerprint density at radius 2 is 2.00 bits per heavy atom. The summed E-state index contributed by atoms with van der Waals surface area (Å²) >= 11 is 3.54. The van der Waals surface area contributed by atoms with Crippen molar-refractivity contribution >= 4 is 27.8 Å². The lowest BCUT2D eigenvalue weighted by atomic mass is 10.2. The van der Waals surface area contributed by atoms with E-state index in [9.17, 15) is 4.39 Å². The Morgan fingerprint density at radius 1 is 1.21 bits per heavy atom. The molecule has 0 bridgehead atoms. The van der Waals surface area contributed by atoms with Gasteiger partial charge >= 0.3 is 0 Å². The van der Waals surface area contributed by atoms with Crippen LogP contribution in [0.25, 0.3) is 6.20 Å². The van der Waals surface area contributed by atoms with Crippen LogP contribution in [0.5, 0.6) is 0 Å². The zero-order valence-corrected chi connectivity index (χ0v) is 11.9. The molecular weight excluding hydrogens is 307 g/mol. The highest BCUT2D eigenvalue weighted by Crippen LogP contribution is 2.28. The van der Waals surface area contributed by atoms with Gasteiger partial charge in [-0.15, -0.1) is 0 Å². The quantitative estimate of drug-likeness (QED) is 0.789. The molecule has 0 fully saturated rings. The zero-order chi connectivity index (χ0) is 13.4. The fourth-order valence-electron chi connectivity index (χ4n) is 2.20. The number of para-hydroxylation sites is 1. The summed E-state index contributed by atoms with van der Waals surface area (Å²) in [6.07, 6.45) is 1.92. The first-order chi connectivity index (χ1) is 9.15. The Hall–Kier alpha value is -1.68. The minimum Gasteiger partial charge on any atom is -0.324 e. The van der Waals surface area contributed by atoms with Crippen molar-refractivity contribution in [3.05, 3.63) is 63.3 Å². The molecule has 19 heavy (non-hydrogen) atoms. The molecule has 0 radical (unpaired) electrons. The van der Waals surface area contributed by atoms with Gasteiger partial charge in [-0.25, -0.2) is 4.39 Å². The van der Waals surface area contributed by atoms with Crippen molar-refractivity contribution in [2.24, 2.45) is 4.99 Å². The van der Waals surface area contributed by atoms with E-state index in [-0.39, 0.29) is 12.0 Å². The predicted molar refractivity (Wildman–Crippen MR) is 77.7 cm³/mol. The van der Waals surface area contributed by atoms with Gasteiger partial charge in [-0.05, 0) is 53.2 Å². The Morgan fingerprint density at radius 3 is 2.79 bits per heavy atom. The van der Waals surface area contributed by atoms with E-state index in [0.717, 1.165) is 20.7 Å². The van der Waals surface area contributed by atoms with Gasteiger partial charge in [0.25, 0.3) is 0 Å². The predicted octanol–water partition coefficient (Wildman–Crippen LogP) is 2.81. The number of hydrogen-bond acceptors (Lipinski definition) is 2. The summed E-state index contributed by atoms with van der Waals surface area (Å²) in [7, 11) is 0. The van der Waals surface area contributed by atoms with Crippen LogP contribution in [0.2, 0.25) is 0 Å². The molecule has 0 aromatic heterocycles. The van der Waals surface area contributed by atoms with Crippen molar-refractivity contribution in [1.29, 1.82) is 0 Å². The maximum Gasteiger partial charge on any atom is 0.124 e. The number of hydrogen-bond donors (Lipinski definition) is 0. The summed E-state index contributed by atoms with van der Waals surface area (Å²) in [5, 5.41) is 1.63. The number of halogens is 2. The fourth-order valence-corrected chi connectivity index (χ4v) is 2.69. The van der Waals surface area contributed by atoms with Gasteiger partial charge in [0.2, 0.25) is 0 Å². The molecule has 0 amide bonds. The molecule has 1 atom stereocenters. The molecular formula is C15H12BrFN2. The van der Waals surface area contributed by atoms with Crippen molar-refractivity contribution in [1.82, 2.24) is 0 Å². The normalized spacial score (nSPS) is 17.4. The second-order valence-corrected chi connectivity index (χ2v) is 5.31. The van der Waals surface area contributed by atoms with Gasteiger partial charge < -0.3 is 4.90 Å². The second-order valence-electron chi connectivity index (χ2n) is 4.45. The lowest BCUT2D eigenvalue weighted by Crippen LogP contribution is -2.41. The largest absolute Gasteiger partial charge is 0.324 e. The third kappa shape index (κ3) is 2.28. The third-order valence-electron chi connectivity index (χ3n) is 3.13. The van der Waals surface area contributed by atoms with E-state index < -0.39 is 0 Å². The summed E-state index contributed by atoms with van der Waals surface area (Å²) in [5.74, 6) is -0.244. The fraction of sp³-hybridized carbons (Fsp3) is 0.133. The highest BCUT2D eigenvalue weighted by Gasteiger charge is 2.16. The van der Waals surface area contributed by atoms with Gasteiger partial charge in [0.05, 0.1) is 11.0 Å². The van der Waals surface area contributed by atoms with Gasteiger partial charge in [-0.1, -0.05) is 12.1 Å². The van der Waals surface area contributed by atoms with Crippen LogP contribution in [-0.2, 0) is 0 Å². The smallest absolute Gasteiger partial charge is 0.124 e. The summed E-state index contributed by atoms with van der Waals surface area (Å²) in [6, 6.07) is 12.6. The van der Waals surface area contributed by atoms with E-state index in [1.807, 2.05) is 42.3 Å². The van der Waals surface area contributed by atoms with Gasteiger partial charge in [-0.2, -0.15) is 0 Å². The van der Waals surface area contributed by atoms with E-state index in [0.29, 0.717) is 0 Å². The highest BCUT2D eigenvalue weighted by molar-refractivity contribution is 9.10. The van der Waals surface area contributed by atoms with E-state index in [4.69, 9.17) is 0 Å². The molecule has 1 aliphatic heterocycles. The van der Waals surface area contributed by atoms with Crippen molar-refractivity contribution < 1.29 is 4.39 Å². The molecule has 2 aromatic rings. The molecule has 2 aromatic carbocycles. The summed E-state index contributed by atoms with van der Waals surface area (Å²) in [5.41, 5.74) is 1.02. The van der Waals surface area contributed by atoms with Gasteiger partial charge in [0, 0.05) is 15.9 Å². The Balaban J connectivity index is 2.18. The number of nitrogens with zero attached hydrogens (tertiary/aromatic N) is 2. The third-order valence-corrected chi connectivity index (χ3v) is 3.80. The molecule has 0 saturated carbocycles. The molecule has 0 spiro atoms. The topological polar surface area (TPSA) is 15.6 Å². The van der Waals surface area contributed by atoms with Gasteiger partial charge in [-0.3, -0.25) is 4.99 Å². The monoisotopic (exact) mass is 318 g/mol. The van der Waals surface area contributed by atoms with Crippen LogP contribution >= 0.6 is 15.9 Å². The van der Waals surface area contributed by atoms with Crippen LogP contribution in [-0.4, -0.2) is 6.17 Å². The summed E-state index contributed by atoms with van der Waals surface area (Å²) < 4.78 is 14.3. The Kier molecular flexibility index (Phi) is 3.11. The first kappa shape index (κ1) is 12.4. The second kappa shape index (κ2) is 4.78. The van der Waals surface area contributed by atoms with Crippen LogP contribution in [0.4, 0.5) is 10.1 Å². The Bertz CT molecular complexity index is 742. The van der Waals surface area contributed by atoms with E-state index in [1.165, 1.54) is 12.1 Å². The molecule has 2 nitrogen and oxygen atoms in total. The van der Waals surface area contributed by atoms with Crippen LogP contribution in [0.3, 0.4) is 0 Å². The SMILES string of the molecule is CC1N=c2ccc(F)cc2=CN1c1ccccc1Br.